The number of halogens is 1. The Bertz CT molecular complexity index is 1080. The lowest BCUT2D eigenvalue weighted by Gasteiger charge is -2.44. The molecule has 1 amide bonds. The summed E-state index contributed by atoms with van der Waals surface area (Å²) in [5.41, 5.74) is 4.07. The maximum Gasteiger partial charge on any atom is 0.246 e. The average molecular weight is 452 g/mol. The lowest BCUT2D eigenvalue weighted by Crippen LogP contribution is -2.52. The normalized spacial score (nSPS) is 17.7. The third-order valence-corrected chi connectivity index (χ3v) is 7.32. The fourth-order valence-corrected chi connectivity index (χ4v) is 4.83. The molecule has 4 rings (SSSR count). The predicted octanol–water partition coefficient (Wildman–Crippen LogP) is 6.12. The number of amides is 1. The molecule has 2 heterocycles. The average Bonchev–Trinajstić information content (AvgIpc) is 2.76. The van der Waals surface area contributed by atoms with Gasteiger partial charge in [0.25, 0.3) is 0 Å². The zero-order chi connectivity index (χ0) is 23.0. The standard InChI is InChI=1S/C27H30ClNO3/c1-17(2)21-8-5-20(6-9-21)7-10-24(31)29-13-11-27(12-14-29)16-22(30)25-19(4)26(28)18(3)15-23(25)32-27/h5-10,15,17H,11-14,16H2,1-4H3/b10-7+. The molecule has 168 valence electrons. The van der Waals surface area contributed by atoms with Crippen molar-refractivity contribution in [2.45, 2.75) is 58.5 Å². The summed E-state index contributed by atoms with van der Waals surface area (Å²) in [7, 11) is 0. The maximum atomic E-state index is 13.0. The molecule has 2 aromatic rings. The number of hydrogen-bond donors (Lipinski definition) is 0. The first kappa shape index (κ1) is 22.6. The van der Waals surface area contributed by atoms with E-state index in [1.54, 1.807) is 6.08 Å². The van der Waals surface area contributed by atoms with Gasteiger partial charge in [-0.05, 0) is 54.2 Å². The Balaban J connectivity index is 1.41. The van der Waals surface area contributed by atoms with Crippen LogP contribution in [0.5, 0.6) is 5.75 Å². The Hall–Kier alpha value is -2.59. The number of hydrogen-bond acceptors (Lipinski definition) is 3. The van der Waals surface area contributed by atoms with Crippen LogP contribution in [0.4, 0.5) is 0 Å². The topological polar surface area (TPSA) is 46.6 Å². The minimum atomic E-state index is -0.538. The lowest BCUT2D eigenvalue weighted by molar-refractivity contribution is -0.129. The Kier molecular flexibility index (Phi) is 6.17. The summed E-state index contributed by atoms with van der Waals surface area (Å²) in [6.45, 7) is 9.27. The number of aryl methyl sites for hydroxylation is 1. The van der Waals surface area contributed by atoms with Crippen molar-refractivity contribution in [3.63, 3.8) is 0 Å². The van der Waals surface area contributed by atoms with Crippen LogP contribution in [-0.4, -0.2) is 35.3 Å². The van der Waals surface area contributed by atoms with Crippen molar-refractivity contribution in [3.8, 4) is 5.75 Å². The van der Waals surface area contributed by atoms with Gasteiger partial charge in [-0.25, -0.2) is 0 Å². The molecule has 0 N–H and O–H groups in total. The number of benzene rings is 2. The van der Waals surface area contributed by atoms with Crippen molar-refractivity contribution in [2.24, 2.45) is 0 Å². The molecule has 32 heavy (non-hydrogen) atoms. The van der Waals surface area contributed by atoms with E-state index in [-0.39, 0.29) is 11.7 Å². The highest BCUT2D eigenvalue weighted by Crippen LogP contribution is 2.43. The molecule has 0 aliphatic carbocycles. The van der Waals surface area contributed by atoms with Gasteiger partial charge in [0.05, 0.1) is 12.0 Å². The Morgan fingerprint density at radius 1 is 1.16 bits per heavy atom. The molecule has 0 atom stereocenters. The first-order valence-corrected chi connectivity index (χ1v) is 11.7. The van der Waals surface area contributed by atoms with E-state index in [2.05, 4.69) is 26.0 Å². The van der Waals surface area contributed by atoms with Gasteiger partial charge in [-0.1, -0.05) is 49.7 Å². The number of ketones is 1. The zero-order valence-corrected chi connectivity index (χ0v) is 20.0. The Morgan fingerprint density at radius 3 is 2.44 bits per heavy atom. The van der Waals surface area contributed by atoms with E-state index in [9.17, 15) is 9.59 Å². The van der Waals surface area contributed by atoms with Gasteiger partial charge in [0.15, 0.2) is 5.78 Å². The van der Waals surface area contributed by atoms with Crippen molar-refractivity contribution < 1.29 is 14.3 Å². The second-order valence-electron chi connectivity index (χ2n) is 9.37. The van der Waals surface area contributed by atoms with Crippen LogP contribution in [0.3, 0.4) is 0 Å². The SMILES string of the molecule is Cc1cc2c(c(C)c1Cl)C(=O)CC1(CCN(C(=O)/C=C/c3ccc(C(C)C)cc3)CC1)O2. The molecule has 0 aromatic heterocycles. The van der Waals surface area contributed by atoms with E-state index in [0.29, 0.717) is 54.6 Å². The van der Waals surface area contributed by atoms with Crippen LogP contribution < -0.4 is 4.74 Å². The van der Waals surface area contributed by atoms with Crippen LogP contribution in [-0.2, 0) is 4.79 Å². The molecule has 1 saturated heterocycles. The van der Waals surface area contributed by atoms with Crippen LogP contribution in [0.1, 0.15) is 71.6 Å². The summed E-state index contributed by atoms with van der Waals surface area (Å²) in [6.07, 6.45) is 5.12. The fourth-order valence-electron chi connectivity index (χ4n) is 4.68. The Labute approximate surface area is 195 Å². The lowest BCUT2D eigenvalue weighted by atomic mass is 9.81. The van der Waals surface area contributed by atoms with Gasteiger partial charge in [-0.15, -0.1) is 0 Å². The van der Waals surface area contributed by atoms with Crippen molar-refractivity contribution in [3.05, 3.63) is 69.2 Å². The van der Waals surface area contributed by atoms with Crippen molar-refractivity contribution in [2.75, 3.05) is 13.1 Å². The summed E-state index contributed by atoms with van der Waals surface area (Å²) in [5, 5.41) is 0.627. The van der Waals surface area contributed by atoms with Gasteiger partial charge in [-0.3, -0.25) is 9.59 Å². The third-order valence-electron chi connectivity index (χ3n) is 6.74. The van der Waals surface area contributed by atoms with Crippen molar-refractivity contribution in [1.82, 2.24) is 4.90 Å². The molecule has 0 unspecified atom stereocenters. The van der Waals surface area contributed by atoms with E-state index in [0.717, 1.165) is 16.7 Å². The monoisotopic (exact) mass is 451 g/mol. The highest BCUT2D eigenvalue weighted by molar-refractivity contribution is 6.32. The van der Waals surface area contributed by atoms with E-state index >= 15 is 0 Å². The second-order valence-corrected chi connectivity index (χ2v) is 9.75. The quantitative estimate of drug-likeness (QED) is 0.528. The van der Waals surface area contributed by atoms with Crippen LogP contribution in [0.25, 0.3) is 6.08 Å². The number of Topliss-reactive ketones (excluding diaryl/α,β-unsaturated/α-hetero) is 1. The number of carbonyl (C=O) groups excluding carboxylic acids is 2. The molecule has 1 spiro atoms. The van der Waals surface area contributed by atoms with Gasteiger partial charge < -0.3 is 9.64 Å². The summed E-state index contributed by atoms with van der Waals surface area (Å²) in [4.78, 5) is 27.5. The van der Waals surface area contributed by atoms with Crippen LogP contribution in [0.15, 0.2) is 36.4 Å². The van der Waals surface area contributed by atoms with Crippen LogP contribution >= 0.6 is 11.6 Å². The first-order valence-electron chi connectivity index (χ1n) is 11.3. The van der Waals surface area contributed by atoms with Gasteiger partial charge in [0.2, 0.25) is 5.91 Å². The number of likely N-dealkylation sites (tertiary alicyclic amines) is 1. The largest absolute Gasteiger partial charge is 0.486 e. The molecule has 4 nitrogen and oxygen atoms in total. The number of ether oxygens (including phenoxy) is 1. The molecule has 0 saturated carbocycles. The number of nitrogens with zero attached hydrogens (tertiary/aromatic N) is 1. The molecule has 0 bridgehead atoms. The van der Waals surface area contributed by atoms with Gasteiger partial charge in [0, 0.05) is 37.0 Å². The molecule has 2 aliphatic rings. The number of fused-ring (bicyclic) bond motifs is 1. The van der Waals surface area contributed by atoms with Gasteiger partial charge >= 0.3 is 0 Å². The summed E-state index contributed by atoms with van der Waals surface area (Å²) < 4.78 is 6.40. The summed E-state index contributed by atoms with van der Waals surface area (Å²) >= 11 is 6.35. The van der Waals surface area contributed by atoms with Crippen LogP contribution in [0.2, 0.25) is 5.02 Å². The highest BCUT2D eigenvalue weighted by atomic mass is 35.5. The van der Waals surface area contributed by atoms with Gasteiger partial charge in [-0.2, -0.15) is 0 Å². The zero-order valence-electron chi connectivity index (χ0n) is 19.2. The molecule has 2 aliphatic heterocycles. The number of carbonyl (C=O) groups is 2. The predicted molar refractivity (Wildman–Crippen MR) is 129 cm³/mol. The minimum absolute atomic E-state index is 0.00575. The highest BCUT2D eigenvalue weighted by Gasteiger charge is 2.44. The number of piperidine rings is 1. The van der Waals surface area contributed by atoms with Gasteiger partial charge in [0.1, 0.15) is 11.4 Å². The van der Waals surface area contributed by atoms with Crippen molar-refractivity contribution in [1.29, 1.82) is 0 Å². The third kappa shape index (κ3) is 4.33. The van der Waals surface area contributed by atoms with Crippen LogP contribution in [0, 0.1) is 13.8 Å². The molecule has 1 fully saturated rings. The molecule has 2 aromatic carbocycles. The first-order chi connectivity index (χ1) is 15.2. The summed E-state index contributed by atoms with van der Waals surface area (Å²) in [6, 6.07) is 10.2. The van der Waals surface area contributed by atoms with Crippen molar-refractivity contribution >= 4 is 29.4 Å². The summed E-state index contributed by atoms with van der Waals surface area (Å²) in [5.74, 6) is 1.19. The fraction of sp³-hybridized carbons (Fsp3) is 0.407. The van der Waals surface area contributed by atoms with E-state index in [1.165, 1.54) is 5.56 Å². The number of rotatable bonds is 3. The smallest absolute Gasteiger partial charge is 0.246 e. The molecular weight excluding hydrogens is 422 g/mol. The molecule has 0 radical (unpaired) electrons. The van der Waals surface area contributed by atoms with E-state index < -0.39 is 5.60 Å². The minimum Gasteiger partial charge on any atom is -0.486 e. The maximum absolute atomic E-state index is 13.0. The second kappa shape index (κ2) is 8.74. The molecule has 5 heteroatoms. The molecular formula is C27H30ClNO3. The van der Waals surface area contributed by atoms with E-state index in [4.69, 9.17) is 16.3 Å². The van der Waals surface area contributed by atoms with E-state index in [1.807, 2.05) is 43.0 Å². The Morgan fingerprint density at radius 2 is 1.81 bits per heavy atom.